The fourth-order valence-corrected chi connectivity index (χ4v) is 4.42. The normalized spacial score (nSPS) is 23.6. The molecule has 3 heterocycles. The van der Waals surface area contributed by atoms with Gasteiger partial charge in [0.1, 0.15) is 18.0 Å². The fourth-order valence-electron chi connectivity index (χ4n) is 4.42. The Morgan fingerprint density at radius 2 is 2.04 bits per heavy atom. The Morgan fingerprint density at radius 3 is 2.75 bits per heavy atom. The number of fused-ring (bicyclic) bond motifs is 1. The minimum atomic E-state index is -0.284. The van der Waals surface area contributed by atoms with Gasteiger partial charge in [-0.1, -0.05) is 12.1 Å². The van der Waals surface area contributed by atoms with Gasteiger partial charge in [0.2, 0.25) is 5.88 Å². The number of carbonyl (C=O) groups is 1. The van der Waals surface area contributed by atoms with Crippen LogP contribution >= 0.6 is 0 Å². The van der Waals surface area contributed by atoms with E-state index in [0.29, 0.717) is 12.4 Å². The molecule has 4 rings (SSSR count). The van der Waals surface area contributed by atoms with Crippen LogP contribution in [0.1, 0.15) is 11.6 Å². The van der Waals surface area contributed by atoms with E-state index in [1.165, 1.54) is 12.4 Å². The summed E-state index contributed by atoms with van der Waals surface area (Å²) in [5.41, 5.74) is 0.838. The number of halogens is 1. The highest BCUT2D eigenvalue weighted by Crippen LogP contribution is 2.46. The van der Waals surface area contributed by atoms with Crippen LogP contribution in [0.15, 0.2) is 36.7 Å². The molecule has 2 amide bonds. The summed E-state index contributed by atoms with van der Waals surface area (Å²) in [4.78, 5) is 26.9. The maximum absolute atomic E-state index is 13.9. The van der Waals surface area contributed by atoms with Gasteiger partial charge in [0.15, 0.2) is 0 Å². The molecule has 8 heteroatoms. The maximum atomic E-state index is 13.9. The van der Waals surface area contributed by atoms with Crippen LogP contribution in [0, 0.1) is 17.7 Å². The first-order valence-electron chi connectivity index (χ1n) is 9.32. The summed E-state index contributed by atoms with van der Waals surface area (Å²) in [7, 11) is 5.08. The third-order valence-corrected chi connectivity index (χ3v) is 5.64. The highest BCUT2D eigenvalue weighted by Gasteiger charge is 2.49. The Kier molecular flexibility index (Phi) is 4.78. The van der Waals surface area contributed by atoms with Crippen molar-refractivity contribution in [2.24, 2.45) is 11.8 Å². The summed E-state index contributed by atoms with van der Waals surface area (Å²) < 4.78 is 19.1. The number of likely N-dealkylation sites (tertiary alicyclic amines) is 1. The SMILES string of the molecule is COc1cc(N2C[C@@H]3CN(C(=O)N(C)C)[C@@H](c4cccc(F)c4)[C@@H]3C2)ncn1. The molecule has 2 aliphatic rings. The van der Waals surface area contributed by atoms with E-state index in [9.17, 15) is 9.18 Å². The Morgan fingerprint density at radius 1 is 1.21 bits per heavy atom. The van der Waals surface area contributed by atoms with Gasteiger partial charge in [-0.25, -0.2) is 19.2 Å². The lowest BCUT2D eigenvalue weighted by Gasteiger charge is -2.32. The molecule has 1 aromatic heterocycles. The zero-order valence-corrected chi connectivity index (χ0v) is 16.2. The molecule has 0 unspecified atom stereocenters. The molecule has 2 aliphatic heterocycles. The van der Waals surface area contributed by atoms with Crippen LogP contribution in [0.5, 0.6) is 5.88 Å². The summed E-state index contributed by atoms with van der Waals surface area (Å²) in [5, 5.41) is 0. The van der Waals surface area contributed by atoms with E-state index in [1.54, 1.807) is 38.2 Å². The lowest BCUT2D eigenvalue weighted by molar-refractivity contribution is 0.159. The minimum absolute atomic E-state index is 0.0427. The first-order chi connectivity index (χ1) is 13.5. The molecule has 7 nitrogen and oxygen atoms in total. The van der Waals surface area contributed by atoms with Crippen LogP contribution in [0.2, 0.25) is 0 Å². The molecule has 0 N–H and O–H groups in total. The highest BCUT2D eigenvalue weighted by atomic mass is 19.1. The molecule has 28 heavy (non-hydrogen) atoms. The van der Waals surface area contributed by atoms with Gasteiger partial charge in [0.25, 0.3) is 0 Å². The van der Waals surface area contributed by atoms with Gasteiger partial charge >= 0.3 is 6.03 Å². The predicted octanol–water partition coefficient (Wildman–Crippen LogP) is 2.42. The van der Waals surface area contributed by atoms with Gasteiger partial charge in [0.05, 0.1) is 13.2 Å². The molecule has 1 aromatic carbocycles. The monoisotopic (exact) mass is 385 g/mol. The maximum Gasteiger partial charge on any atom is 0.320 e. The fraction of sp³-hybridized carbons (Fsp3) is 0.450. The molecular weight excluding hydrogens is 361 g/mol. The van der Waals surface area contributed by atoms with E-state index in [2.05, 4.69) is 14.9 Å². The quantitative estimate of drug-likeness (QED) is 0.812. The summed E-state index contributed by atoms with van der Waals surface area (Å²) in [6, 6.07) is 8.20. The van der Waals surface area contributed by atoms with E-state index < -0.39 is 0 Å². The van der Waals surface area contributed by atoms with Crippen molar-refractivity contribution in [3.8, 4) is 5.88 Å². The number of benzene rings is 1. The number of rotatable bonds is 3. The number of nitrogens with zero attached hydrogens (tertiary/aromatic N) is 5. The summed E-state index contributed by atoms with van der Waals surface area (Å²) in [5.74, 6) is 1.54. The standard InChI is InChI=1S/C20H24FN5O2/c1-24(2)20(27)26-10-14-9-25(17-8-18(28-3)23-12-22-17)11-16(14)19(26)13-5-4-6-15(21)7-13/h4-8,12,14,16,19H,9-11H2,1-3H3/t14-,16-,19+/m1/s1. The Labute approximate surface area is 163 Å². The summed E-state index contributed by atoms with van der Waals surface area (Å²) in [6.07, 6.45) is 1.49. The van der Waals surface area contributed by atoms with Gasteiger partial charge in [-0.2, -0.15) is 0 Å². The van der Waals surface area contributed by atoms with E-state index >= 15 is 0 Å². The minimum Gasteiger partial charge on any atom is -0.481 e. The Balaban J connectivity index is 1.64. The van der Waals surface area contributed by atoms with Crippen molar-refractivity contribution in [1.82, 2.24) is 19.8 Å². The molecule has 0 radical (unpaired) electrons. The van der Waals surface area contributed by atoms with Crippen LogP contribution in [0.3, 0.4) is 0 Å². The number of hydrogen-bond donors (Lipinski definition) is 0. The van der Waals surface area contributed by atoms with E-state index in [1.807, 2.05) is 17.0 Å². The van der Waals surface area contributed by atoms with E-state index in [4.69, 9.17) is 4.74 Å². The molecule has 0 aliphatic carbocycles. The van der Waals surface area contributed by atoms with Crippen molar-refractivity contribution in [1.29, 1.82) is 0 Å². The first-order valence-corrected chi connectivity index (χ1v) is 9.32. The molecule has 2 fully saturated rings. The van der Waals surface area contributed by atoms with Crippen LogP contribution in [-0.2, 0) is 0 Å². The van der Waals surface area contributed by atoms with Crippen molar-refractivity contribution in [2.75, 3.05) is 45.7 Å². The number of methoxy groups -OCH3 is 1. The van der Waals surface area contributed by atoms with Crippen molar-refractivity contribution in [2.45, 2.75) is 6.04 Å². The van der Waals surface area contributed by atoms with Crippen LogP contribution in [0.25, 0.3) is 0 Å². The largest absolute Gasteiger partial charge is 0.481 e. The van der Waals surface area contributed by atoms with Crippen molar-refractivity contribution >= 4 is 11.8 Å². The number of aromatic nitrogens is 2. The smallest absolute Gasteiger partial charge is 0.320 e. The molecular formula is C20H24FN5O2. The topological polar surface area (TPSA) is 61.8 Å². The van der Waals surface area contributed by atoms with E-state index in [0.717, 1.165) is 24.5 Å². The predicted molar refractivity (Wildman–Crippen MR) is 103 cm³/mol. The van der Waals surface area contributed by atoms with E-state index in [-0.39, 0.29) is 29.7 Å². The van der Waals surface area contributed by atoms with Gasteiger partial charge in [-0.3, -0.25) is 0 Å². The lowest BCUT2D eigenvalue weighted by atomic mass is 9.89. The van der Waals surface area contributed by atoms with Crippen molar-refractivity contribution in [3.05, 3.63) is 48.0 Å². The number of urea groups is 1. The number of hydrogen-bond acceptors (Lipinski definition) is 5. The van der Waals surface area contributed by atoms with Gasteiger partial charge in [-0.05, 0) is 17.7 Å². The molecule has 2 aromatic rings. The molecule has 148 valence electrons. The zero-order valence-electron chi connectivity index (χ0n) is 16.2. The number of anilines is 1. The van der Waals surface area contributed by atoms with Gasteiger partial charge < -0.3 is 19.4 Å². The molecule has 0 spiro atoms. The third-order valence-electron chi connectivity index (χ3n) is 5.64. The molecule has 3 atom stereocenters. The molecule has 2 saturated heterocycles. The molecule has 0 bridgehead atoms. The number of carbonyl (C=O) groups excluding carboxylic acids is 1. The van der Waals surface area contributed by atoms with Crippen molar-refractivity contribution < 1.29 is 13.9 Å². The number of ether oxygens (including phenoxy) is 1. The summed E-state index contributed by atoms with van der Waals surface area (Å²) in [6.45, 7) is 2.17. The number of amides is 2. The van der Waals surface area contributed by atoms with Crippen molar-refractivity contribution in [3.63, 3.8) is 0 Å². The third kappa shape index (κ3) is 3.23. The summed E-state index contributed by atoms with van der Waals surface area (Å²) >= 11 is 0. The van der Waals surface area contributed by atoms with Gasteiger partial charge in [-0.15, -0.1) is 0 Å². The lowest BCUT2D eigenvalue weighted by Crippen LogP contribution is -2.41. The second-order valence-corrected chi connectivity index (χ2v) is 7.58. The highest BCUT2D eigenvalue weighted by molar-refractivity contribution is 5.75. The first kappa shape index (κ1) is 18.5. The zero-order chi connectivity index (χ0) is 19.8. The Bertz CT molecular complexity index is 877. The average Bonchev–Trinajstić information content (AvgIpc) is 3.25. The van der Waals surface area contributed by atoms with Crippen LogP contribution < -0.4 is 9.64 Å². The molecule has 0 saturated carbocycles. The Hall–Kier alpha value is -2.90. The van der Waals surface area contributed by atoms with Crippen LogP contribution in [0.4, 0.5) is 15.0 Å². The van der Waals surface area contributed by atoms with Gasteiger partial charge in [0, 0.05) is 51.6 Å². The second-order valence-electron chi connectivity index (χ2n) is 7.58. The van der Waals surface area contributed by atoms with Crippen LogP contribution in [-0.4, -0.2) is 66.6 Å². The second kappa shape index (κ2) is 7.26. The average molecular weight is 385 g/mol.